The van der Waals surface area contributed by atoms with E-state index in [4.69, 9.17) is 4.74 Å². The molecule has 1 N–H and O–H groups in total. The summed E-state index contributed by atoms with van der Waals surface area (Å²) in [4.78, 5) is 19.2. The Labute approximate surface area is 171 Å². The fraction of sp³-hybridized carbons (Fsp3) is 0.545. The zero-order valence-corrected chi connectivity index (χ0v) is 17.1. The second-order valence-electron chi connectivity index (χ2n) is 7.97. The minimum absolute atomic E-state index is 0.119. The Morgan fingerprint density at radius 3 is 2.71 bits per heavy atom. The number of rotatable bonds is 7. The molecule has 1 aromatic carbocycles. The summed E-state index contributed by atoms with van der Waals surface area (Å²) in [6, 6.07) is 8.89. The van der Waals surface area contributed by atoms with Crippen LogP contribution in [-0.4, -0.2) is 48.1 Å². The summed E-state index contributed by atoms with van der Waals surface area (Å²) in [5.41, 5.74) is 2.46. The van der Waals surface area contributed by atoms with Crippen molar-refractivity contribution in [2.24, 2.45) is 5.92 Å². The van der Waals surface area contributed by atoms with E-state index in [1.807, 2.05) is 11.6 Å². The van der Waals surface area contributed by atoms with Gasteiger partial charge in [-0.1, -0.05) is 24.3 Å². The lowest BCUT2D eigenvalue weighted by Gasteiger charge is -2.23. The molecular formula is C22H29N3O2S. The van der Waals surface area contributed by atoms with Crippen LogP contribution >= 0.6 is 11.3 Å². The number of ether oxygens (including phenoxy) is 1. The number of thiazole rings is 1. The molecule has 1 amide bonds. The average molecular weight is 400 g/mol. The minimum atomic E-state index is 0.119. The van der Waals surface area contributed by atoms with Gasteiger partial charge in [0.25, 0.3) is 0 Å². The van der Waals surface area contributed by atoms with Gasteiger partial charge in [-0.3, -0.25) is 9.69 Å². The van der Waals surface area contributed by atoms with Crippen LogP contribution in [-0.2, 0) is 28.9 Å². The molecule has 0 radical (unpaired) electrons. The smallest absolute Gasteiger partial charge is 0.224 e. The number of nitrogens with zero attached hydrogens (tertiary/aromatic N) is 2. The number of carbonyl (C=O) groups is 1. The monoisotopic (exact) mass is 399 g/mol. The number of hydrogen-bond acceptors (Lipinski definition) is 5. The van der Waals surface area contributed by atoms with Gasteiger partial charge in [0.1, 0.15) is 5.01 Å². The summed E-state index contributed by atoms with van der Waals surface area (Å²) in [5, 5.41) is 6.40. The van der Waals surface area contributed by atoms with Gasteiger partial charge >= 0.3 is 0 Å². The molecule has 3 heterocycles. The standard InChI is InChI=1S/C22H29N3O2S/c26-21(24-20-6-10-27-11-7-20)14-18-3-1-17(2-4-18)13-19-5-9-25(15-19)16-22-23-8-12-28-22/h1-4,8,12,19-20H,5-7,9-11,13-16H2,(H,24,26). The molecule has 0 aliphatic carbocycles. The molecule has 6 heteroatoms. The molecular weight excluding hydrogens is 370 g/mol. The van der Waals surface area contributed by atoms with Gasteiger partial charge in [0.2, 0.25) is 5.91 Å². The first kappa shape index (κ1) is 19.6. The summed E-state index contributed by atoms with van der Waals surface area (Å²) >= 11 is 1.74. The van der Waals surface area contributed by atoms with Crippen LogP contribution in [0.4, 0.5) is 0 Å². The predicted octanol–water partition coefficient (Wildman–Crippen LogP) is 3.05. The molecule has 5 nitrogen and oxygen atoms in total. The third kappa shape index (κ3) is 5.63. The lowest BCUT2D eigenvalue weighted by Crippen LogP contribution is -2.39. The Balaban J connectivity index is 1.21. The van der Waals surface area contributed by atoms with E-state index in [-0.39, 0.29) is 11.9 Å². The Morgan fingerprint density at radius 2 is 1.96 bits per heavy atom. The molecule has 2 aromatic rings. The van der Waals surface area contributed by atoms with Crippen LogP contribution in [0.1, 0.15) is 35.4 Å². The highest BCUT2D eigenvalue weighted by molar-refractivity contribution is 7.09. The molecule has 0 spiro atoms. The largest absolute Gasteiger partial charge is 0.381 e. The van der Waals surface area contributed by atoms with Crippen molar-refractivity contribution in [3.63, 3.8) is 0 Å². The summed E-state index contributed by atoms with van der Waals surface area (Å²) < 4.78 is 5.34. The van der Waals surface area contributed by atoms with E-state index < -0.39 is 0 Å². The quantitative estimate of drug-likeness (QED) is 0.778. The first-order valence-corrected chi connectivity index (χ1v) is 11.2. The fourth-order valence-corrected chi connectivity index (χ4v) is 4.84. The molecule has 1 unspecified atom stereocenters. The SMILES string of the molecule is O=C(Cc1ccc(CC2CCN(Cc3nccs3)C2)cc1)NC1CCOCC1. The highest BCUT2D eigenvalue weighted by Gasteiger charge is 2.23. The van der Waals surface area contributed by atoms with Gasteiger partial charge < -0.3 is 10.1 Å². The Kier molecular flexibility index (Phi) is 6.73. The molecule has 2 saturated heterocycles. The van der Waals surface area contributed by atoms with Crippen LogP contribution in [0, 0.1) is 5.92 Å². The number of aromatic nitrogens is 1. The Morgan fingerprint density at radius 1 is 1.18 bits per heavy atom. The molecule has 28 heavy (non-hydrogen) atoms. The molecule has 2 fully saturated rings. The van der Waals surface area contributed by atoms with E-state index >= 15 is 0 Å². The zero-order chi connectivity index (χ0) is 19.2. The lowest BCUT2D eigenvalue weighted by atomic mass is 9.97. The van der Waals surface area contributed by atoms with Gasteiger partial charge in [0.05, 0.1) is 13.0 Å². The number of carbonyl (C=O) groups excluding carboxylic acids is 1. The molecule has 1 aromatic heterocycles. The molecule has 150 valence electrons. The van der Waals surface area contributed by atoms with Crippen molar-refractivity contribution in [2.45, 2.75) is 44.7 Å². The van der Waals surface area contributed by atoms with Gasteiger partial charge in [-0.15, -0.1) is 11.3 Å². The normalized spacial score (nSPS) is 21.1. The maximum Gasteiger partial charge on any atom is 0.224 e. The molecule has 0 bridgehead atoms. The zero-order valence-electron chi connectivity index (χ0n) is 16.3. The van der Waals surface area contributed by atoms with Crippen LogP contribution < -0.4 is 5.32 Å². The third-order valence-electron chi connectivity index (χ3n) is 5.71. The number of nitrogens with one attached hydrogen (secondary N) is 1. The van der Waals surface area contributed by atoms with E-state index in [1.165, 1.54) is 17.0 Å². The first-order chi connectivity index (χ1) is 13.7. The number of hydrogen-bond donors (Lipinski definition) is 1. The van der Waals surface area contributed by atoms with Crippen LogP contribution in [0.3, 0.4) is 0 Å². The van der Waals surface area contributed by atoms with E-state index in [0.29, 0.717) is 12.3 Å². The van der Waals surface area contributed by atoms with Crippen molar-refractivity contribution in [1.82, 2.24) is 15.2 Å². The maximum absolute atomic E-state index is 12.2. The first-order valence-electron chi connectivity index (χ1n) is 10.3. The van der Waals surface area contributed by atoms with Gasteiger partial charge in [0, 0.05) is 37.4 Å². The van der Waals surface area contributed by atoms with Crippen molar-refractivity contribution < 1.29 is 9.53 Å². The van der Waals surface area contributed by atoms with Crippen molar-refractivity contribution in [3.05, 3.63) is 52.0 Å². The van der Waals surface area contributed by atoms with Crippen molar-refractivity contribution in [1.29, 1.82) is 0 Å². The third-order valence-corrected chi connectivity index (χ3v) is 6.48. The maximum atomic E-state index is 12.2. The van der Waals surface area contributed by atoms with Crippen LogP contribution in [0.2, 0.25) is 0 Å². The van der Waals surface area contributed by atoms with Crippen LogP contribution in [0.25, 0.3) is 0 Å². The van der Waals surface area contributed by atoms with E-state index in [9.17, 15) is 4.79 Å². The van der Waals surface area contributed by atoms with Crippen molar-refractivity contribution >= 4 is 17.2 Å². The topological polar surface area (TPSA) is 54.5 Å². The van der Waals surface area contributed by atoms with Crippen LogP contribution in [0.5, 0.6) is 0 Å². The van der Waals surface area contributed by atoms with Crippen LogP contribution in [0.15, 0.2) is 35.8 Å². The van der Waals surface area contributed by atoms with E-state index in [1.54, 1.807) is 11.3 Å². The second kappa shape index (κ2) is 9.63. The molecule has 2 aliphatic heterocycles. The fourth-order valence-electron chi connectivity index (χ4n) is 4.18. The highest BCUT2D eigenvalue weighted by Crippen LogP contribution is 2.23. The van der Waals surface area contributed by atoms with Gasteiger partial charge in [0.15, 0.2) is 0 Å². The average Bonchev–Trinajstić information content (AvgIpc) is 3.37. The van der Waals surface area contributed by atoms with E-state index in [0.717, 1.165) is 57.7 Å². The highest BCUT2D eigenvalue weighted by atomic mass is 32.1. The summed E-state index contributed by atoms with van der Waals surface area (Å²) in [7, 11) is 0. The van der Waals surface area contributed by atoms with Gasteiger partial charge in [-0.05, 0) is 49.3 Å². The molecule has 4 rings (SSSR count). The molecule has 1 atom stereocenters. The second-order valence-corrected chi connectivity index (χ2v) is 8.95. The Bertz CT molecular complexity index is 742. The molecule has 2 aliphatic rings. The molecule has 0 saturated carbocycles. The lowest BCUT2D eigenvalue weighted by molar-refractivity contribution is -0.121. The van der Waals surface area contributed by atoms with E-state index in [2.05, 4.69) is 39.5 Å². The predicted molar refractivity (Wildman–Crippen MR) is 111 cm³/mol. The summed E-state index contributed by atoms with van der Waals surface area (Å²) in [5.74, 6) is 0.830. The number of benzene rings is 1. The summed E-state index contributed by atoms with van der Waals surface area (Å²) in [6.07, 6.45) is 6.56. The minimum Gasteiger partial charge on any atom is -0.381 e. The van der Waals surface area contributed by atoms with Crippen molar-refractivity contribution in [3.8, 4) is 0 Å². The summed E-state index contributed by atoms with van der Waals surface area (Å²) in [6.45, 7) is 4.79. The van der Waals surface area contributed by atoms with Gasteiger partial charge in [-0.2, -0.15) is 0 Å². The number of likely N-dealkylation sites (tertiary alicyclic amines) is 1. The number of amides is 1. The van der Waals surface area contributed by atoms with Crippen molar-refractivity contribution in [2.75, 3.05) is 26.3 Å². The Hall–Kier alpha value is -1.76. The van der Waals surface area contributed by atoms with Gasteiger partial charge in [-0.25, -0.2) is 4.98 Å².